The number of carbonyl (C=O) groups excluding carboxylic acids is 2. The molecule has 1 aliphatic rings. The Hall–Kier alpha value is -2.08. The lowest BCUT2D eigenvalue weighted by Crippen LogP contribution is -2.24. The van der Waals surface area contributed by atoms with Gasteiger partial charge in [-0.2, -0.15) is 0 Å². The molecule has 1 aromatic carbocycles. The number of rotatable bonds is 4. The van der Waals surface area contributed by atoms with Crippen LogP contribution >= 0.6 is 15.9 Å². The van der Waals surface area contributed by atoms with E-state index in [0.717, 1.165) is 10.0 Å². The summed E-state index contributed by atoms with van der Waals surface area (Å²) < 4.78 is 15.8. The number of hydrogen-bond donors (Lipinski definition) is 0. The molecule has 2 rings (SSSR count). The first-order valence-corrected chi connectivity index (χ1v) is 7.26. The largest absolute Gasteiger partial charge is 0.477 e. The van der Waals surface area contributed by atoms with Crippen LogP contribution in [-0.2, 0) is 23.8 Å². The fourth-order valence-corrected chi connectivity index (χ4v) is 2.47. The molecule has 22 heavy (non-hydrogen) atoms. The maximum Gasteiger partial charge on any atom is 0.373 e. The minimum atomic E-state index is -0.706. The molecule has 0 saturated heterocycles. The first-order valence-electron chi connectivity index (χ1n) is 6.47. The highest BCUT2D eigenvalue weighted by atomic mass is 79.9. The van der Waals surface area contributed by atoms with Crippen molar-refractivity contribution in [1.29, 1.82) is 0 Å². The number of benzene rings is 1. The number of halogens is 1. The van der Waals surface area contributed by atoms with E-state index in [-0.39, 0.29) is 17.3 Å². The normalized spacial score (nSPS) is 19.9. The molecule has 0 N–H and O–H groups in total. The summed E-state index contributed by atoms with van der Waals surface area (Å²) in [4.78, 5) is 23.4. The van der Waals surface area contributed by atoms with Crippen LogP contribution in [0.2, 0.25) is 0 Å². The molecule has 6 heteroatoms. The van der Waals surface area contributed by atoms with Gasteiger partial charge < -0.3 is 14.2 Å². The van der Waals surface area contributed by atoms with Gasteiger partial charge >= 0.3 is 11.9 Å². The van der Waals surface area contributed by atoms with Gasteiger partial charge in [0, 0.05) is 10.4 Å². The van der Waals surface area contributed by atoms with Crippen LogP contribution in [0.15, 0.2) is 52.7 Å². The lowest BCUT2D eigenvalue weighted by Gasteiger charge is -2.20. The van der Waals surface area contributed by atoms with Gasteiger partial charge in [0.05, 0.1) is 19.8 Å². The van der Waals surface area contributed by atoms with Gasteiger partial charge in [0.15, 0.2) is 0 Å². The van der Waals surface area contributed by atoms with E-state index < -0.39 is 18.0 Å². The molecule has 0 aromatic heterocycles. The maximum atomic E-state index is 11.7. The van der Waals surface area contributed by atoms with Gasteiger partial charge in [-0.25, -0.2) is 9.59 Å². The second kappa shape index (κ2) is 6.79. The van der Waals surface area contributed by atoms with E-state index in [1.54, 1.807) is 6.08 Å². The smallest absolute Gasteiger partial charge is 0.373 e. The Kier molecular flexibility index (Phi) is 5.03. The van der Waals surface area contributed by atoms with Crippen molar-refractivity contribution in [2.45, 2.75) is 12.0 Å². The average molecular weight is 367 g/mol. The summed E-state index contributed by atoms with van der Waals surface area (Å²) in [5.41, 5.74) is 1.03. The summed E-state index contributed by atoms with van der Waals surface area (Å²) in [6.07, 6.45) is 0.927. The monoisotopic (exact) mass is 366 g/mol. The summed E-state index contributed by atoms with van der Waals surface area (Å²) in [6.45, 7) is 3.73. The van der Waals surface area contributed by atoms with Crippen molar-refractivity contribution < 1.29 is 23.8 Å². The van der Waals surface area contributed by atoms with Crippen LogP contribution in [0.5, 0.6) is 0 Å². The number of esters is 2. The molecule has 0 bridgehead atoms. The number of carbonyl (C=O) groups is 2. The third-order valence-corrected chi connectivity index (χ3v) is 3.87. The van der Waals surface area contributed by atoms with Gasteiger partial charge in [-0.15, -0.1) is 0 Å². The molecule has 0 amide bonds. The van der Waals surface area contributed by atoms with Crippen LogP contribution in [0.3, 0.4) is 0 Å². The first kappa shape index (κ1) is 16.3. The molecule has 0 spiro atoms. The maximum absolute atomic E-state index is 11.7. The summed E-state index contributed by atoms with van der Waals surface area (Å²) >= 11 is 3.37. The second-order valence-electron chi connectivity index (χ2n) is 4.66. The van der Waals surface area contributed by atoms with E-state index >= 15 is 0 Å². The highest BCUT2D eigenvalue weighted by Crippen LogP contribution is 2.36. The van der Waals surface area contributed by atoms with Crippen LogP contribution in [0.25, 0.3) is 0 Å². The fraction of sp³-hybridized carbons (Fsp3) is 0.250. The molecule has 5 nitrogen and oxygen atoms in total. The zero-order valence-corrected chi connectivity index (χ0v) is 13.8. The van der Waals surface area contributed by atoms with Crippen molar-refractivity contribution in [3.05, 3.63) is 58.3 Å². The molecule has 1 aromatic rings. The molecule has 0 unspecified atom stereocenters. The fourth-order valence-electron chi connectivity index (χ4n) is 2.21. The molecule has 0 aliphatic carbocycles. The molecule has 0 radical (unpaired) electrons. The van der Waals surface area contributed by atoms with Crippen molar-refractivity contribution in [3.63, 3.8) is 0 Å². The average Bonchev–Trinajstić information content (AvgIpc) is 2.98. The van der Waals surface area contributed by atoms with Crippen LogP contribution < -0.4 is 0 Å². The first-order chi connectivity index (χ1) is 10.5. The van der Waals surface area contributed by atoms with Crippen molar-refractivity contribution >= 4 is 27.9 Å². The quantitative estimate of drug-likeness (QED) is 0.605. The Balaban J connectivity index is 2.36. The van der Waals surface area contributed by atoms with Crippen molar-refractivity contribution in [1.82, 2.24) is 0 Å². The predicted octanol–water partition coefficient (Wildman–Crippen LogP) is 2.72. The summed E-state index contributed by atoms with van der Waals surface area (Å²) in [7, 11) is 2.54. The van der Waals surface area contributed by atoms with E-state index in [4.69, 9.17) is 4.74 Å². The SMILES string of the molecule is C=C(C(=O)OC)[C@H]1OC(C(=O)OC)=C[C@@H]1c1ccc(Br)cc1. The van der Waals surface area contributed by atoms with E-state index in [9.17, 15) is 9.59 Å². The highest BCUT2D eigenvalue weighted by molar-refractivity contribution is 9.10. The zero-order valence-electron chi connectivity index (χ0n) is 12.2. The van der Waals surface area contributed by atoms with E-state index in [1.165, 1.54) is 14.2 Å². The molecule has 2 atom stereocenters. The predicted molar refractivity (Wildman–Crippen MR) is 83.0 cm³/mol. The summed E-state index contributed by atoms with van der Waals surface area (Å²) in [5, 5.41) is 0. The topological polar surface area (TPSA) is 61.8 Å². The Bertz CT molecular complexity index is 632. The molecular formula is C16H15BrO5. The summed E-state index contributed by atoms with van der Waals surface area (Å²) in [5.74, 6) is -1.44. The van der Waals surface area contributed by atoms with Crippen molar-refractivity contribution in [2.75, 3.05) is 14.2 Å². The van der Waals surface area contributed by atoms with Crippen molar-refractivity contribution in [2.24, 2.45) is 0 Å². The van der Waals surface area contributed by atoms with Gasteiger partial charge in [-0.3, -0.25) is 0 Å². The zero-order chi connectivity index (χ0) is 16.3. The Morgan fingerprint density at radius 2 is 1.82 bits per heavy atom. The Morgan fingerprint density at radius 1 is 1.18 bits per heavy atom. The Labute approximate surface area is 136 Å². The van der Waals surface area contributed by atoms with E-state index in [2.05, 4.69) is 32.0 Å². The minimum Gasteiger partial charge on any atom is -0.477 e. The highest BCUT2D eigenvalue weighted by Gasteiger charge is 2.38. The van der Waals surface area contributed by atoms with Crippen molar-refractivity contribution in [3.8, 4) is 0 Å². The van der Waals surface area contributed by atoms with Gasteiger partial charge in [-0.1, -0.05) is 34.6 Å². The van der Waals surface area contributed by atoms with Gasteiger partial charge in [-0.05, 0) is 23.8 Å². The summed E-state index contributed by atoms with van der Waals surface area (Å²) in [6, 6.07) is 7.51. The molecular weight excluding hydrogens is 352 g/mol. The van der Waals surface area contributed by atoms with Gasteiger partial charge in [0.2, 0.25) is 5.76 Å². The van der Waals surface area contributed by atoms with E-state index in [1.807, 2.05) is 24.3 Å². The lowest BCUT2D eigenvalue weighted by molar-refractivity contribution is -0.142. The van der Waals surface area contributed by atoms with Crippen LogP contribution in [0.1, 0.15) is 11.5 Å². The third-order valence-electron chi connectivity index (χ3n) is 3.34. The number of ether oxygens (including phenoxy) is 3. The van der Waals surface area contributed by atoms with Gasteiger partial charge in [0.25, 0.3) is 0 Å². The molecule has 0 fully saturated rings. The van der Waals surface area contributed by atoms with Gasteiger partial charge in [0.1, 0.15) is 6.10 Å². The second-order valence-corrected chi connectivity index (χ2v) is 5.57. The third kappa shape index (κ3) is 3.22. The minimum absolute atomic E-state index is 0.0606. The van der Waals surface area contributed by atoms with Crippen LogP contribution in [0, 0.1) is 0 Å². The number of hydrogen-bond acceptors (Lipinski definition) is 5. The standard InChI is InChI=1S/C16H15BrO5/c1-9(15(18)20-2)14-12(8-13(22-14)16(19)21-3)10-4-6-11(17)7-5-10/h4-8,12,14H,1H2,2-3H3/t12-,14-/m1/s1. The lowest BCUT2D eigenvalue weighted by atomic mass is 9.90. The molecule has 1 aliphatic heterocycles. The number of methoxy groups -OCH3 is 2. The van der Waals surface area contributed by atoms with E-state index in [0.29, 0.717) is 0 Å². The molecule has 1 heterocycles. The van der Waals surface area contributed by atoms with Crippen LogP contribution in [-0.4, -0.2) is 32.3 Å². The molecule has 0 saturated carbocycles. The Morgan fingerprint density at radius 3 is 2.36 bits per heavy atom. The molecule has 116 valence electrons. The van der Waals surface area contributed by atoms with Crippen LogP contribution in [0.4, 0.5) is 0 Å².